The maximum absolute atomic E-state index is 12.5. The van der Waals surface area contributed by atoms with Crippen molar-refractivity contribution < 1.29 is 9.53 Å². The highest BCUT2D eigenvalue weighted by Crippen LogP contribution is 2.26. The molecule has 2 heterocycles. The van der Waals surface area contributed by atoms with Crippen LogP contribution in [0.4, 0.5) is 0 Å². The van der Waals surface area contributed by atoms with Gasteiger partial charge in [0.15, 0.2) is 5.16 Å². The van der Waals surface area contributed by atoms with Crippen LogP contribution < -0.4 is 5.32 Å². The summed E-state index contributed by atoms with van der Waals surface area (Å²) in [6, 6.07) is 5.75. The summed E-state index contributed by atoms with van der Waals surface area (Å²) in [6.07, 6.45) is 1.00. The van der Waals surface area contributed by atoms with E-state index in [1.165, 1.54) is 11.8 Å². The number of morpholine rings is 1. The van der Waals surface area contributed by atoms with Crippen LogP contribution in [0.2, 0.25) is 5.02 Å². The molecule has 0 spiro atoms. The van der Waals surface area contributed by atoms with E-state index in [9.17, 15) is 4.79 Å². The van der Waals surface area contributed by atoms with E-state index in [4.69, 9.17) is 16.3 Å². The fourth-order valence-electron chi connectivity index (χ4n) is 3.41. The number of carbonyl (C=O) groups is 1. The number of aromatic nitrogens is 2. The minimum atomic E-state index is -0.0871. The number of nitrogens with one attached hydrogen (secondary N) is 1. The number of thioether (sulfide) groups is 1. The number of ether oxygens (including phenoxy) is 1. The molecule has 0 bridgehead atoms. The first kappa shape index (κ1) is 21.4. The number of halogens is 1. The third kappa shape index (κ3) is 5.20. The molecule has 1 saturated heterocycles. The van der Waals surface area contributed by atoms with Crippen molar-refractivity contribution in [2.75, 3.05) is 38.6 Å². The largest absolute Gasteiger partial charge is 0.379 e. The van der Waals surface area contributed by atoms with Gasteiger partial charge in [0.25, 0.3) is 0 Å². The highest BCUT2D eigenvalue weighted by Gasteiger charge is 2.28. The Labute approximate surface area is 176 Å². The monoisotopic (exact) mass is 424 g/mol. The zero-order chi connectivity index (χ0) is 20.1. The molecule has 0 saturated carbocycles. The van der Waals surface area contributed by atoms with Gasteiger partial charge in [-0.2, -0.15) is 0 Å². The molecule has 1 N–H and O–H groups in total. The standard InChI is InChI=1S/C20H29ClN4O2S/c1-4-7-25-17-6-5-15(21)12-16(17)23-19(25)28-13-18(26)22-14-20(2,3)24-8-10-27-11-9-24/h5-6,12H,4,7-11,13-14H2,1-3H3,(H,22,26). The lowest BCUT2D eigenvalue weighted by Gasteiger charge is -2.40. The molecule has 0 aliphatic carbocycles. The Morgan fingerprint density at radius 1 is 1.36 bits per heavy atom. The maximum Gasteiger partial charge on any atom is 0.230 e. The summed E-state index contributed by atoms with van der Waals surface area (Å²) in [5.41, 5.74) is 1.84. The van der Waals surface area contributed by atoms with Crippen LogP contribution in [0.1, 0.15) is 27.2 Å². The fourth-order valence-corrected chi connectivity index (χ4v) is 4.44. The molecule has 1 fully saturated rings. The second-order valence-electron chi connectivity index (χ2n) is 7.66. The van der Waals surface area contributed by atoms with E-state index in [2.05, 4.69) is 40.5 Å². The molecule has 1 amide bonds. The number of rotatable bonds is 8. The van der Waals surface area contributed by atoms with Gasteiger partial charge in [0.05, 0.1) is 30.0 Å². The Bertz CT molecular complexity index is 818. The summed E-state index contributed by atoms with van der Waals surface area (Å²) < 4.78 is 7.59. The molecule has 3 rings (SSSR count). The van der Waals surface area contributed by atoms with Crippen molar-refractivity contribution in [1.82, 2.24) is 19.8 Å². The van der Waals surface area contributed by atoms with Crippen LogP contribution in [0.3, 0.4) is 0 Å². The predicted molar refractivity (Wildman–Crippen MR) is 115 cm³/mol. The van der Waals surface area contributed by atoms with Crippen LogP contribution >= 0.6 is 23.4 Å². The summed E-state index contributed by atoms with van der Waals surface area (Å²) in [6.45, 7) is 11.3. The Balaban J connectivity index is 1.59. The molecule has 8 heteroatoms. The first-order chi connectivity index (χ1) is 13.4. The van der Waals surface area contributed by atoms with Crippen LogP contribution in [-0.4, -0.2) is 64.5 Å². The Hall–Kier alpha value is -1.28. The Kier molecular flexibility index (Phi) is 7.25. The number of carbonyl (C=O) groups excluding carboxylic acids is 1. The van der Waals surface area contributed by atoms with Crippen molar-refractivity contribution >= 4 is 40.3 Å². The fraction of sp³-hybridized carbons (Fsp3) is 0.600. The van der Waals surface area contributed by atoms with Gasteiger partial charge in [0.1, 0.15) is 0 Å². The average Bonchev–Trinajstić information content (AvgIpc) is 3.02. The lowest BCUT2D eigenvalue weighted by molar-refractivity contribution is -0.119. The van der Waals surface area contributed by atoms with E-state index in [1.807, 2.05) is 18.2 Å². The highest BCUT2D eigenvalue weighted by molar-refractivity contribution is 7.99. The van der Waals surface area contributed by atoms with Gasteiger partial charge in [-0.05, 0) is 38.5 Å². The molecular formula is C20H29ClN4O2S. The summed E-state index contributed by atoms with van der Waals surface area (Å²) >= 11 is 7.58. The average molecular weight is 425 g/mol. The third-order valence-corrected chi connectivity index (χ3v) is 6.25. The normalized spacial score (nSPS) is 15.9. The molecule has 28 heavy (non-hydrogen) atoms. The van der Waals surface area contributed by atoms with E-state index >= 15 is 0 Å². The van der Waals surface area contributed by atoms with E-state index in [-0.39, 0.29) is 11.4 Å². The number of imidazole rings is 1. The number of aryl methyl sites for hydroxylation is 1. The van der Waals surface area contributed by atoms with Gasteiger partial charge >= 0.3 is 0 Å². The predicted octanol–water partition coefficient (Wildman–Crippen LogP) is 3.42. The van der Waals surface area contributed by atoms with E-state index in [1.54, 1.807) is 0 Å². The zero-order valence-corrected chi connectivity index (χ0v) is 18.4. The first-order valence-corrected chi connectivity index (χ1v) is 11.1. The van der Waals surface area contributed by atoms with Crippen LogP contribution in [0.15, 0.2) is 23.4 Å². The van der Waals surface area contributed by atoms with Crippen molar-refractivity contribution in [2.45, 2.75) is 44.4 Å². The molecular weight excluding hydrogens is 396 g/mol. The second kappa shape index (κ2) is 9.48. The van der Waals surface area contributed by atoms with Gasteiger partial charge in [0, 0.05) is 36.7 Å². The van der Waals surface area contributed by atoms with Crippen molar-refractivity contribution in [3.8, 4) is 0 Å². The van der Waals surface area contributed by atoms with E-state index in [0.29, 0.717) is 17.3 Å². The van der Waals surface area contributed by atoms with E-state index in [0.717, 1.165) is 55.5 Å². The van der Waals surface area contributed by atoms with Crippen LogP contribution in [0.25, 0.3) is 11.0 Å². The van der Waals surface area contributed by atoms with Crippen LogP contribution in [0.5, 0.6) is 0 Å². The number of hydrogen-bond acceptors (Lipinski definition) is 5. The SMILES string of the molecule is CCCn1c(SCC(=O)NCC(C)(C)N2CCOCC2)nc2cc(Cl)ccc21. The molecule has 0 atom stereocenters. The summed E-state index contributed by atoms with van der Waals surface area (Å²) in [4.78, 5) is 19.5. The topological polar surface area (TPSA) is 59.4 Å². The number of nitrogens with zero attached hydrogens (tertiary/aromatic N) is 3. The minimum absolute atomic E-state index is 0.0273. The van der Waals surface area contributed by atoms with Crippen molar-refractivity contribution in [3.63, 3.8) is 0 Å². The van der Waals surface area contributed by atoms with Gasteiger partial charge in [-0.3, -0.25) is 9.69 Å². The van der Waals surface area contributed by atoms with Gasteiger partial charge in [0.2, 0.25) is 5.91 Å². The van der Waals surface area contributed by atoms with Crippen molar-refractivity contribution in [2.24, 2.45) is 0 Å². The maximum atomic E-state index is 12.5. The van der Waals surface area contributed by atoms with Gasteiger partial charge in [-0.25, -0.2) is 4.98 Å². The number of hydrogen-bond donors (Lipinski definition) is 1. The molecule has 1 aliphatic rings. The molecule has 0 unspecified atom stereocenters. The van der Waals surface area contributed by atoms with Gasteiger partial charge in [-0.1, -0.05) is 30.3 Å². The summed E-state index contributed by atoms with van der Waals surface area (Å²) in [5.74, 6) is 0.374. The highest BCUT2D eigenvalue weighted by atomic mass is 35.5. The smallest absolute Gasteiger partial charge is 0.230 e. The number of benzene rings is 1. The molecule has 154 valence electrons. The minimum Gasteiger partial charge on any atom is -0.379 e. The molecule has 0 radical (unpaired) electrons. The molecule has 1 aromatic carbocycles. The molecule has 1 aromatic heterocycles. The van der Waals surface area contributed by atoms with Crippen LogP contribution in [-0.2, 0) is 16.1 Å². The van der Waals surface area contributed by atoms with Crippen molar-refractivity contribution in [3.05, 3.63) is 23.2 Å². The van der Waals surface area contributed by atoms with Gasteiger partial charge in [-0.15, -0.1) is 0 Å². The lowest BCUT2D eigenvalue weighted by atomic mass is 10.0. The van der Waals surface area contributed by atoms with Crippen LogP contribution in [0, 0.1) is 0 Å². The summed E-state index contributed by atoms with van der Waals surface area (Å²) in [7, 11) is 0. The molecule has 6 nitrogen and oxygen atoms in total. The lowest BCUT2D eigenvalue weighted by Crippen LogP contribution is -2.55. The van der Waals surface area contributed by atoms with Crippen molar-refractivity contribution in [1.29, 1.82) is 0 Å². The van der Waals surface area contributed by atoms with Gasteiger partial charge < -0.3 is 14.6 Å². The Morgan fingerprint density at radius 2 is 2.11 bits per heavy atom. The third-order valence-electron chi connectivity index (χ3n) is 5.04. The second-order valence-corrected chi connectivity index (χ2v) is 9.04. The summed E-state index contributed by atoms with van der Waals surface area (Å²) in [5, 5.41) is 4.62. The first-order valence-electron chi connectivity index (χ1n) is 9.79. The molecule has 2 aromatic rings. The quantitative estimate of drug-likeness (QED) is 0.658. The number of fused-ring (bicyclic) bond motifs is 1. The molecule has 1 aliphatic heterocycles. The Morgan fingerprint density at radius 3 is 2.82 bits per heavy atom. The zero-order valence-electron chi connectivity index (χ0n) is 16.8. The van der Waals surface area contributed by atoms with E-state index < -0.39 is 0 Å². The number of amides is 1.